The molecule has 1 heteroatoms. The second-order valence-corrected chi connectivity index (χ2v) is 5.23. The summed E-state index contributed by atoms with van der Waals surface area (Å²) in [7, 11) is 0. The molecule has 0 saturated carbocycles. The van der Waals surface area contributed by atoms with E-state index in [4.69, 9.17) is 0 Å². The SMILES string of the molecule is CC.CC1=CC[C@H](CCC(C)C=O)C1(C)C. The average Bonchev–Trinajstić information content (AvgIpc) is 2.54. The van der Waals surface area contributed by atoms with E-state index < -0.39 is 0 Å². The molecule has 0 radical (unpaired) electrons. The lowest BCUT2D eigenvalue weighted by Crippen LogP contribution is -2.21. The molecule has 16 heavy (non-hydrogen) atoms. The number of hydrogen-bond donors (Lipinski definition) is 0. The molecular formula is C15H28O. The van der Waals surface area contributed by atoms with Gasteiger partial charge in [-0.05, 0) is 37.5 Å². The Morgan fingerprint density at radius 2 is 2.06 bits per heavy atom. The minimum absolute atomic E-state index is 0.228. The van der Waals surface area contributed by atoms with Gasteiger partial charge in [0, 0.05) is 5.92 Å². The van der Waals surface area contributed by atoms with Crippen molar-refractivity contribution in [3.63, 3.8) is 0 Å². The first-order valence-corrected chi connectivity index (χ1v) is 6.61. The van der Waals surface area contributed by atoms with Crippen molar-refractivity contribution < 1.29 is 4.79 Å². The van der Waals surface area contributed by atoms with E-state index in [1.54, 1.807) is 0 Å². The first-order chi connectivity index (χ1) is 7.48. The Balaban J connectivity index is 0.00000106. The van der Waals surface area contributed by atoms with Crippen LogP contribution in [0.5, 0.6) is 0 Å². The summed E-state index contributed by atoms with van der Waals surface area (Å²) in [5.41, 5.74) is 1.86. The third-order valence-electron chi connectivity index (χ3n) is 3.95. The van der Waals surface area contributed by atoms with Gasteiger partial charge in [0.1, 0.15) is 6.29 Å². The molecule has 0 aromatic carbocycles. The molecular weight excluding hydrogens is 196 g/mol. The molecule has 94 valence electrons. The van der Waals surface area contributed by atoms with Gasteiger partial charge < -0.3 is 4.79 Å². The zero-order valence-corrected chi connectivity index (χ0v) is 11.8. The smallest absolute Gasteiger partial charge is 0.122 e. The van der Waals surface area contributed by atoms with Crippen LogP contribution in [-0.4, -0.2) is 6.29 Å². The maximum absolute atomic E-state index is 10.5. The van der Waals surface area contributed by atoms with Crippen molar-refractivity contribution in [2.24, 2.45) is 17.3 Å². The molecule has 0 amide bonds. The topological polar surface area (TPSA) is 17.1 Å². The quantitative estimate of drug-likeness (QED) is 0.503. The van der Waals surface area contributed by atoms with Crippen LogP contribution in [0, 0.1) is 17.3 Å². The van der Waals surface area contributed by atoms with Gasteiger partial charge in [-0.15, -0.1) is 0 Å². The molecule has 0 aliphatic heterocycles. The monoisotopic (exact) mass is 224 g/mol. The van der Waals surface area contributed by atoms with Crippen LogP contribution in [0.25, 0.3) is 0 Å². The first kappa shape index (κ1) is 15.4. The standard InChI is InChI=1S/C13H22O.C2H6/c1-10(9-14)5-7-12-8-6-11(2)13(12,3)4;1-2/h6,9-10,12H,5,7-8H2,1-4H3;1-2H3/t10?,12-;/m0./s1. The Morgan fingerprint density at radius 1 is 1.50 bits per heavy atom. The summed E-state index contributed by atoms with van der Waals surface area (Å²) in [6.07, 6.45) is 6.85. The molecule has 0 bridgehead atoms. The molecule has 2 atom stereocenters. The van der Waals surface area contributed by atoms with Crippen molar-refractivity contribution in [1.29, 1.82) is 0 Å². The maximum Gasteiger partial charge on any atom is 0.122 e. The molecule has 0 saturated heterocycles. The number of carbonyl (C=O) groups is 1. The van der Waals surface area contributed by atoms with Crippen LogP contribution in [0.15, 0.2) is 11.6 Å². The fourth-order valence-electron chi connectivity index (χ4n) is 2.21. The number of allylic oxidation sites excluding steroid dienone is 2. The highest BCUT2D eigenvalue weighted by Gasteiger charge is 2.34. The van der Waals surface area contributed by atoms with Crippen molar-refractivity contribution >= 4 is 6.29 Å². The average molecular weight is 224 g/mol. The minimum atomic E-state index is 0.228. The van der Waals surface area contributed by atoms with Crippen LogP contribution in [0.1, 0.15) is 60.8 Å². The number of hydrogen-bond acceptors (Lipinski definition) is 1. The highest BCUT2D eigenvalue weighted by Crippen LogP contribution is 2.45. The predicted octanol–water partition coefficient (Wildman–Crippen LogP) is 4.62. The van der Waals surface area contributed by atoms with Gasteiger partial charge in [-0.1, -0.05) is 46.3 Å². The molecule has 0 aromatic rings. The summed E-state index contributed by atoms with van der Waals surface area (Å²) in [5, 5.41) is 0. The Morgan fingerprint density at radius 3 is 2.44 bits per heavy atom. The van der Waals surface area contributed by atoms with Crippen LogP contribution < -0.4 is 0 Å². The van der Waals surface area contributed by atoms with Crippen molar-refractivity contribution in [1.82, 2.24) is 0 Å². The summed E-state index contributed by atoms with van der Waals surface area (Å²) in [5.74, 6) is 0.969. The van der Waals surface area contributed by atoms with E-state index >= 15 is 0 Å². The molecule has 0 spiro atoms. The Labute approximate surface area is 101 Å². The summed E-state index contributed by atoms with van der Waals surface area (Å²) in [6, 6.07) is 0. The van der Waals surface area contributed by atoms with E-state index in [1.807, 2.05) is 20.8 Å². The fraction of sp³-hybridized carbons (Fsp3) is 0.800. The summed E-state index contributed by atoms with van der Waals surface area (Å²) in [6.45, 7) is 12.9. The van der Waals surface area contributed by atoms with Gasteiger partial charge >= 0.3 is 0 Å². The van der Waals surface area contributed by atoms with Crippen LogP contribution >= 0.6 is 0 Å². The predicted molar refractivity (Wildman–Crippen MR) is 71.5 cm³/mol. The molecule has 1 aliphatic carbocycles. The highest BCUT2D eigenvalue weighted by molar-refractivity contribution is 5.52. The van der Waals surface area contributed by atoms with Gasteiger partial charge in [-0.2, -0.15) is 0 Å². The molecule has 0 heterocycles. The van der Waals surface area contributed by atoms with E-state index in [0.29, 0.717) is 5.41 Å². The van der Waals surface area contributed by atoms with Crippen LogP contribution in [0.2, 0.25) is 0 Å². The van der Waals surface area contributed by atoms with Gasteiger partial charge in [0.05, 0.1) is 0 Å². The number of aldehydes is 1. The van der Waals surface area contributed by atoms with E-state index in [0.717, 1.165) is 18.6 Å². The Kier molecular flexibility index (Phi) is 6.62. The van der Waals surface area contributed by atoms with Crippen molar-refractivity contribution in [2.75, 3.05) is 0 Å². The molecule has 1 nitrogen and oxygen atoms in total. The molecule has 0 aromatic heterocycles. The molecule has 1 rings (SSSR count). The maximum atomic E-state index is 10.5. The van der Waals surface area contributed by atoms with Crippen LogP contribution in [0.4, 0.5) is 0 Å². The first-order valence-electron chi connectivity index (χ1n) is 6.61. The largest absolute Gasteiger partial charge is 0.303 e. The zero-order chi connectivity index (χ0) is 12.8. The lowest BCUT2D eigenvalue weighted by atomic mass is 9.75. The third-order valence-corrected chi connectivity index (χ3v) is 3.95. The van der Waals surface area contributed by atoms with Crippen LogP contribution in [-0.2, 0) is 4.79 Å². The van der Waals surface area contributed by atoms with E-state index in [9.17, 15) is 4.79 Å². The van der Waals surface area contributed by atoms with Crippen LogP contribution in [0.3, 0.4) is 0 Å². The third kappa shape index (κ3) is 3.77. The van der Waals surface area contributed by atoms with Crippen molar-refractivity contribution in [2.45, 2.75) is 60.8 Å². The van der Waals surface area contributed by atoms with Gasteiger partial charge in [-0.25, -0.2) is 0 Å². The van der Waals surface area contributed by atoms with Crippen molar-refractivity contribution in [3.8, 4) is 0 Å². The highest BCUT2D eigenvalue weighted by atomic mass is 16.1. The normalized spacial score (nSPS) is 24.1. The second kappa shape index (κ2) is 6.88. The molecule has 1 unspecified atom stereocenters. The number of carbonyl (C=O) groups excluding carboxylic acids is 1. The molecule has 0 fully saturated rings. The second-order valence-electron chi connectivity index (χ2n) is 5.23. The van der Waals surface area contributed by atoms with E-state index in [1.165, 1.54) is 18.4 Å². The summed E-state index contributed by atoms with van der Waals surface area (Å²) < 4.78 is 0. The number of rotatable bonds is 4. The Hall–Kier alpha value is -0.590. The van der Waals surface area contributed by atoms with Gasteiger partial charge in [0.2, 0.25) is 0 Å². The zero-order valence-electron chi connectivity index (χ0n) is 11.8. The van der Waals surface area contributed by atoms with E-state index in [-0.39, 0.29) is 5.92 Å². The molecule has 1 aliphatic rings. The Bertz CT molecular complexity index is 238. The lowest BCUT2D eigenvalue weighted by molar-refractivity contribution is -0.110. The van der Waals surface area contributed by atoms with Crippen molar-refractivity contribution in [3.05, 3.63) is 11.6 Å². The van der Waals surface area contributed by atoms with Gasteiger partial charge in [-0.3, -0.25) is 0 Å². The fourth-order valence-corrected chi connectivity index (χ4v) is 2.21. The van der Waals surface area contributed by atoms with Gasteiger partial charge in [0.15, 0.2) is 0 Å². The molecule has 0 N–H and O–H groups in total. The summed E-state index contributed by atoms with van der Waals surface area (Å²) in [4.78, 5) is 10.5. The summed E-state index contributed by atoms with van der Waals surface area (Å²) >= 11 is 0. The lowest BCUT2D eigenvalue weighted by Gasteiger charge is -2.30. The van der Waals surface area contributed by atoms with E-state index in [2.05, 4.69) is 26.8 Å². The minimum Gasteiger partial charge on any atom is -0.303 e. The van der Waals surface area contributed by atoms with Gasteiger partial charge in [0.25, 0.3) is 0 Å².